The Morgan fingerprint density at radius 3 is 2.62 bits per heavy atom. The molecule has 1 atom stereocenters. The van der Waals surface area contributed by atoms with Crippen molar-refractivity contribution in [1.29, 1.82) is 0 Å². The normalized spacial score (nSPS) is 23.7. The maximum atomic E-state index is 6.38. The van der Waals surface area contributed by atoms with Gasteiger partial charge in [0.15, 0.2) is 17.5 Å². The third-order valence-electron chi connectivity index (χ3n) is 6.64. The average Bonchev–Trinajstić information content (AvgIpc) is 3.51. The molecule has 2 heterocycles. The molecule has 6 heteroatoms. The first-order valence-corrected chi connectivity index (χ1v) is 11.3. The fourth-order valence-corrected chi connectivity index (χ4v) is 5.01. The van der Waals surface area contributed by atoms with Crippen LogP contribution in [-0.4, -0.2) is 68.2 Å². The number of guanidine groups is 1. The molecule has 4 rings (SSSR count). The van der Waals surface area contributed by atoms with Crippen LogP contribution in [0.25, 0.3) is 0 Å². The van der Waals surface area contributed by atoms with Gasteiger partial charge in [0, 0.05) is 38.3 Å². The van der Waals surface area contributed by atoms with Crippen LogP contribution in [0.3, 0.4) is 0 Å². The highest BCUT2D eigenvalue weighted by Crippen LogP contribution is 2.35. The van der Waals surface area contributed by atoms with E-state index < -0.39 is 0 Å². The maximum absolute atomic E-state index is 6.38. The van der Waals surface area contributed by atoms with Crippen molar-refractivity contribution in [3.8, 4) is 11.5 Å². The van der Waals surface area contributed by atoms with Gasteiger partial charge in [-0.15, -0.1) is 0 Å². The van der Waals surface area contributed by atoms with Crippen LogP contribution < -0.4 is 14.8 Å². The van der Waals surface area contributed by atoms with E-state index >= 15 is 0 Å². The molecule has 0 aromatic heterocycles. The average molecular weight is 401 g/mol. The van der Waals surface area contributed by atoms with E-state index in [0.29, 0.717) is 18.7 Å². The molecular weight excluding hydrogens is 364 g/mol. The largest absolute Gasteiger partial charge is 0.493 e. The molecule has 29 heavy (non-hydrogen) atoms. The molecule has 6 nitrogen and oxygen atoms in total. The molecule has 1 saturated carbocycles. The standard InChI is InChI=1S/C23H36N4O2/c1-24-23(27-15-12-19(17-27)26-13-5-6-14-26)25-16-18-8-7-11-21(28-2)22(18)29-20-9-3-4-10-20/h7-8,11,19-20H,3-6,9-10,12-17H2,1-2H3,(H,24,25). The Kier molecular flexibility index (Phi) is 6.80. The summed E-state index contributed by atoms with van der Waals surface area (Å²) in [7, 11) is 3.60. The molecule has 1 unspecified atom stereocenters. The van der Waals surface area contributed by atoms with Gasteiger partial charge in [0.2, 0.25) is 0 Å². The van der Waals surface area contributed by atoms with Gasteiger partial charge in [-0.1, -0.05) is 12.1 Å². The van der Waals surface area contributed by atoms with Crippen LogP contribution in [0.5, 0.6) is 11.5 Å². The van der Waals surface area contributed by atoms with Crippen LogP contribution in [-0.2, 0) is 6.54 Å². The monoisotopic (exact) mass is 400 g/mol. The minimum absolute atomic E-state index is 0.309. The van der Waals surface area contributed by atoms with Gasteiger partial charge in [-0.25, -0.2) is 0 Å². The first-order chi connectivity index (χ1) is 14.3. The van der Waals surface area contributed by atoms with Crippen molar-refractivity contribution in [2.24, 2.45) is 4.99 Å². The number of rotatable bonds is 6. The predicted molar refractivity (Wildman–Crippen MR) is 117 cm³/mol. The number of methoxy groups -OCH3 is 1. The van der Waals surface area contributed by atoms with Gasteiger partial charge in [-0.05, 0) is 64.1 Å². The summed E-state index contributed by atoms with van der Waals surface area (Å²) >= 11 is 0. The van der Waals surface area contributed by atoms with Gasteiger partial charge in [-0.3, -0.25) is 9.89 Å². The van der Waals surface area contributed by atoms with E-state index in [-0.39, 0.29) is 0 Å². The molecule has 0 bridgehead atoms. The third-order valence-corrected chi connectivity index (χ3v) is 6.64. The summed E-state index contributed by atoms with van der Waals surface area (Å²) < 4.78 is 12.0. The highest BCUT2D eigenvalue weighted by molar-refractivity contribution is 5.80. The maximum Gasteiger partial charge on any atom is 0.193 e. The fraction of sp³-hybridized carbons (Fsp3) is 0.696. The Hall–Kier alpha value is -1.95. The molecule has 1 N–H and O–H groups in total. The molecule has 160 valence electrons. The first kappa shape index (κ1) is 20.3. The lowest BCUT2D eigenvalue weighted by Crippen LogP contribution is -2.42. The van der Waals surface area contributed by atoms with E-state index in [0.717, 1.165) is 49.0 Å². The summed E-state index contributed by atoms with van der Waals surface area (Å²) in [5, 5.41) is 3.58. The van der Waals surface area contributed by atoms with E-state index in [1.54, 1.807) is 7.11 Å². The van der Waals surface area contributed by atoms with Crippen LogP contribution >= 0.6 is 0 Å². The lowest BCUT2D eigenvalue weighted by molar-refractivity contribution is 0.198. The molecule has 2 aliphatic heterocycles. The van der Waals surface area contributed by atoms with Crippen molar-refractivity contribution >= 4 is 5.96 Å². The molecule has 1 aromatic carbocycles. The van der Waals surface area contributed by atoms with Crippen molar-refractivity contribution in [2.45, 2.75) is 63.6 Å². The second kappa shape index (κ2) is 9.70. The SMILES string of the molecule is CN=C(NCc1cccc(OC)c1OC1CCCC1)N1CCC(N2CCCC2)C1. The van der Waals surface area contributed by atoms with Crippen molar-refractivity contribution in [1.82, 2.24) is 15.1 Å². The number of hydrogen-bond donors (Lipinski definition) is 1. The molecule has 0 amide bonds. The number of nitrogens with one attached hydrogen (secondary N) is 1. The van der Waals surface area contributed by atoms with E-state index in [9.17, 15) is 0 Å². The molecular formula is C23H36N4O2. The van der Waals surface area contributed by atoms with Crippen LogP contribution in [0.2, 0.25) is 0 Å². The second-order valence-corrected chi connectivity index (χ2v) is 8.51. The van der Waals surface area contributed by atoms with Gasteiger partial charge in [0.05, 0.1) is 13.2 Å². The number of benzene rings is 1. The lowest BCUT2D eigenvalue weighted by atomic mass is 10.1. The second-order valence-electron chi connectivity index (χ2n) is 8.51. The van der Waals surface area contributed by atoms with Crippen molar-refractivity contribution in [3.63, 3.8) is 0 Å². The van der Waals surface area contributed by atoms with E-state index in [1.807, 2.05) is 19.2 Å². The van der Waals surface area contributed by atoms with Gasteiger partial charge >= 0.3 is 0 Å². The van der Waals surface area contributed by atoms with E-state index in [2.05, 4.69) is 26.2 Å². The molecule has 0 spiro atoms. The molecule has 3 aliphatic rings. The van der Waals surface area contributed by atoms with Crippen molar-refractivity contribution in [2.75, 3.05) is 40.3 Å². The number of ether oxygens (including phenoxy) is 2. The van der Waals surface area contributed by atoms with Crippen LogP contribution in [0, 0.1) is 0 Å². The Balaban J connectivity index is 1.39. The summed E-state index contributed by atoms with van der Waals surface area (Å²) in [5.41, 5.74) is 1.13. The Morgan fingerprint density at radius 2 is 1.90 bits per heavy atom. The minimum Gasteiger partial charge on any atom is -0.493 e. The summed E-state index contributed by atoms with van der Waals surface area (Å²) in [4.78, 5) is 9.62. The topological polar surface area (TPSA) is 49.3 Å². The molecule has 1 aliphatic carbocycles. The highest BCUT2D eigenvalue weighted by atomic mass is 16.5. The molecule has 3 fully saturated rings. The number of nitrogens with zero attached hydrogens (tertiary/aromatic N) is 3. The zero-order chi connectivity index (χ0) is 20.1. The van der Waals surface area contributed by atoms with Crippen molar-refractivity contribution < 1.29 is 9.47 Å². The van der Waals surface area contributed by atoms with Crippen LogP contribution in [0.4, 0.5) is 0 Å². The molecule has 1 aromatic rings. The van der Waals surface area contributed by atoms with Crippen molar-refractivity contribution in [3.05, 3.63) is 23.8 Å². The first-order valence-electron chi connectivity index (χ1n) is 11.3. The predicted octanol–water partition coefficient (Wildman–Crippen LogP) is 3.26. The number of hydrogen-bond acceptors (Lipinski definition) is 4. The number of likely N-dealkylation sites (tertiary alicyclic amines) is 2. The Labute approximate surface area is 175 Å². The Morgan fingerprint density at radius 1 is 1.10 bits per heavy atom. The lowest BCUT2D eigenvalue weighted by Gasteiger charge is -2.26. The molecule has 0 radical (unpaired) electrons. The smallest absolute Gasteiger partial charge is 0.193 e. The van der Waals surface area contributed by atoms with Gasteiger partial charge in [0.25, 0.3) is 0 Å². The summed E-state index contributed by atoms with van der Waals surface area (Å²) in [5.74, 6) is 2.70. The third kappa shape index (κ3) is 4.80. The van der Waals surface area contributed by atoms with Gasteiger partial charge < -0.3 is 19.7 Å². The van der Waals surface area contributed by atoms with Gasteiger partial charge in [0.1, 0.15) is 0 Å². The van der Waals surface area contributed by atoms with E-state index in [4.69, 9.17) is 9.47 Å². The van der Waals surface area contributed by atoms with Gasteiger partial charge in [-0.2, -0.15) is 0 Å². The fourth-order valence-electron chi connectivity index (χ4n) is 5.01. The quantitative estimate of drug-likeness (QED) is 0.587. The number of aliphatic imine (C=N–C) groups is 1. The number of para-hydroxylation sites is 1. The molecule has 2 saturated heterocycles. The zero-order valence-corrected chi connectivity index (χ0v) is 18.0. The van der Waals surface area contributed by atoms with Crippen LogP contribution in [0.1, 0.15) is 50.5 Å². The summed E-state index contributed by atoms with van der Waals surface area (Å²) in [6.07, 6.45) is 9.03. The summed E-state index contributed by atoms with van der Waals surface area (Å²) in [6, 6.07) is 6.84. The minimum atomic E-state index is 0.309. The highest BCUT2D eigenvalue weighted by Gasteiger charge is 2.30. The Bertz CT molecular complexity index is 696. The van der Waals surface area contributed by atoms with E-state index in [1.165, 1.54) is 45.2 Å². The zero-order valence-electron chi connectivity index (χ0n) is 18.0. The van der Waals surface area contributed by atoms with Crippen LogP contribution in [0.15, 0.2) is 23.2 Å². The summed E-state index contributed by atoms with van der Waals surface area (Å²) in [6.45, 7) is 5.36.